The third-order valence-electron chi connectivity index (χ3n) is 2.95. The fourth-order valence-corrected chi connectivity index (χ4v) is 3.59. The van der Waals surface area contributed by atoms with Gasteiger partial charge in [-0.3, -0.25) is 9.69 Å². The summed E-state index contributed by atoms with van der Waals surface area (Å²) in [6, 6.07) is 3.16. The Morgan fingerprint density at radius 3 is 2.94 bits per heavy atom. The summed E-state index contributed by atoms with van der Waals surface area (Å²) in [5, 5.41) is 0. The van der Waals surface area contributed by atoms with E-state index < -0.39 is 9.84 Å². The number of carbonyl (C=O) groups excluding carboxylic acids is 1. The van der Waals surface area contributed by atoms with Crippen molar-refractivity contribution in [3.63, 3.8) is 0 Å². The Morgan fingerprint density at radius 1 is 1.59 bits per heavy atom. The van der Waals surface area contributed by atoms with Gasteiger partial charge in [-0.15, -0.1) is 0 Å². The van der Waals surface area contributed by atoms with Gasteiger partial charge in [0.25, 0.3) is 0 Å². The van der Waals surface area contributed by atoms with Crippen molar-refractivity contribution in [2.45, 2.75) is 13.0 Å². The average Bonchev–Trinajstić information content (AvgIpc) is 2.74. The molecule has 1 aromatic heterocycles. The van der Waals surface area contributed by atoms with E-state index in [2.05, 4.69) is 0 Å². The molecule has 0 bridgehead atoms. The molecule has 1 unspecified atom stereocenters. The van der Waals surface area contributed by atoms with Gasteiger partial charge in [0, 0.05) is 12.6 Å². The van der Waals surface area contributed by atoms with Gasteiger partial charge in [0.2, 0.25) is 5.78 Å². The van der Waals surface area contributed by atoms with E-state index in [1.807, 2.05) is 11.8 Å². The molecule has 1 saturated heterocycles. The van der Waals surface area contributed by atoms with Gasteiger partial charge in [-0.05, 0) is 19.1 Å². The molecule has 6 heteroatoms. The number of rotatable bonds is 3. The Bertz CT molecular complexity index is 492. The van der Waals surface area contributed by atoms with Crippen molar-refractivity contribution in [2.75, 3.05) is 24.6 Å². The number of carbonyl (C=O) groups is 1. The van der Waals surface area contributed by atoms with Gasteiger partial charge >= 0.3 is 0 Å². The van der Waals surface area contributed by atoms with E-state index in [4.69, 9.17) is 4.42 Å². The summed E-state index contributed by atoms with van der Waals surface area (Å²) in [7, 11) is -2.93. The Kier molecular flexibility index (Phi) is 3.35. The Balaban J connectivity index is 1.99. The summed E-state index contributed by atoms with van der Waals surface area (Å²) in [5.41, 5.74) is 0. The van der Waals surface area contributed by atoms with Crippen LogP contribution in [0.25, 0.3) is 0 Å². The number of ketones is 1. The van der Waals surface area contributed by atoms with Crippen LogP contribution in [0.2, 0.25) is 0 Å². The number of nitrogens with zero attached hydrogens (tertiary/aromatic N) is 1. The van der Waals surface area contributed by atoms with Crippen LogP contribution < -0.4 is 0 Å². The van der Waals surface area contributed by atoms with E-state index in [0.29, 0.717) is 12.3 Å². The second-order valence-corrected chi connectivity index (χ2v) is 6.56. The van der Waals surface area contributed by atoms with Crippen LogP contribution in [0.5, 0.6) is 0 Å². The van der Waals surface area contributed by atoms with Crippen LogP contribution in [-0.2, 0) is 9.84 Å². The molecule has 2 heterocycles. The van der Waals surface area contributed by atoms with Crippen molar-refractivity contribution in [1.82, 2.24) is 4.90 Å². The molecule has 1 fully saturated rings. The Morgan fingerprint density at radius 2 is 2.35 bits per heavy atom. The molecule has 0 aromatic carbocycles. The largest absolute Gasteiger partial charge is 0.461 e. The van der Waals surface area contributed by atoms with Gasteiger partial charge in [-0.25, -0.2) is 8.42 Å². The van der Waals surface area contributed by atoms with Gasteiger partial charge in [0.15, 0.2) is 15.6 Å². The first-order chi connectivity index (χ1) is 7.98. The molecule has 1 aliphatic rings. The standard InChI is InChI=1S/C11H15NO4S/c1-9-8-17(14,15)6-4-12(9)7-10(13)11-3-2-5-16-11/h2-3,5,9H,4,6-8H2,1H3. The maximum absolute atomic E-state index is 11.8. The summed E-state index contributed by atoms with van der Waals surface area (Å²) in [4.78, 5) is 13.7. The normalized spacial score (nSPS) is 24.6. The van der Waals surface area contributed by atoms with Gasteiger partial charge in [-0.1, -0.05) is 0 Å². The zero-order valence-corrected chi connectivity index (χ0v) is 10.4. The maximum Gasteiger partial charge on any atom is 0.211 e. The first-order valence-corrected chi connectivity index (χ1v) is 7.31. The molecule has 0 radical (unpaired) electrons. The Hall–Kier alpha value is -1.14. The highest BCUT2D eigenvalue weighted by Crippen LogP contribution is 2.12. The molecule has 0 amide bonds. The predicted molar refractivity (Wildman–Crippen MR) is 62.7 cm³/mol. The smallest absolute Gasteiger partial charge is 0.211 e. The summed E-state index contributed by atoms with van der Waals surface area (Å²) in [5.74, 6) is 0.466. The average molecular weight is 257 g/mol. The van der Waals surface area contributed by atoms with Crippen molar-refractivity contribution in [2.24, 2.45) is 0 Å². The Labute approximate surface area is 100 Å². The van der Waals surface area contributed by atoms with Crippen LogP contribution in [0.3, 0.4) is 0 Å². The summed E-state index contributed by atoms with van der Waals surface area (Å²) in [6.45, 7) is 2.45. The molecule has 94 valence electrons. The van der Waals surface area contributed by atoms with E-state index in [1.54, 1.807) is 12.1 Å². The number of Topliss-reactive ketones (excluding diaryl/α,β-unsaturated/α-hetero) is 1. The fourth-order valence-electron chi connectivity index (χ4n) is 1.97. The lowest BCUT2D eigenvalue weighted by Crippen LogP contribution is -2.48. The highest BCUT2D eigenvalue weighted by atomic mass is 32.2. The lowest BCUT2D eigenvalue weighted by Gasteiger charge is -2.32. The van der Waals surface area contributed by atoms with Gasteiger partial charge in [0.1, 0.15) is 0 Å². The van der Waals surface area contributed by atoms with E-state index in [-0.39, 0.29) is 29.9 Å². The van der Waals surface area contributed by atoms with Crippen molar-refractivity contribution in [1.29, 1.82) is 0 Å². The van der Waals surface area contributed by atoms with Crippen LogP contribution in [0.15, 0.2) is 22.8 Å². The molecule has 0 aliphatic carbocycles. The zero-order chi connectivity index (χ0) is 12.5. The minimum absolute atomic E-state index is 0.110. The van der Waals surface area contributed by atoms with Crippen molar-refractivity contribution >= 4 is 15.6 Å². The number of hydrogen-bond acceptors (Lipinski definition) is 5. The van der Waals surface area contributed by atoms with Gasteiger partial charge in [0.05, 0.1) is 24.3 Å². The molecule has 1 aliphatic heterocycles. The molecule has 0 spiro atoms. The predicted octanol–water partition coefficient (Wildman–Crippen LogP) is 0.581. The second-order valence-electron chi connectivity index (χ2n) is 4.33. The molecule has 1 atom stereocenters. The molecule has 17 heavy (non-hydrogen) atoms. The van der Waals surface area contributed by atoms with E-state index >= 15 is 0 Å². The molecule has 5 nitrogen and oxygen atoms in total. The van der Waals surface area contributed by atoms with Gasteiger partial charge < -0.3 is 4.42 Å². The molecule has 1 aromatic rings. The highest BCUT2D eigenvalue weighted by Gasteiger charge is 2.29. The SMILES string of the molecule is CC1CS(=O)(=O)CCN1CC(=O)c1ccco1. The zero-order valence-electron chi connectivity index (χ0n) is 9.63. The number of hydrogen-bond donors (Lipinski definition) is 0. The monoisotopic (exact) mass is 257 g/mol. The van der Waals surface area contributed by atoms with Crippen LogP contribution in [0.4, 0.5) is 0 Å². The summed E-state index contributed by atoms with van der Waals surface area (Å²) in [6.07, 6.45) is 1.46. The molecule has 2 rings (SSSR count). The quantitative estimate of drug-likeness (QED) is 0.741. The first kappa shape index (κ1) is 12.3. The molecule has 0 saturated carbocycles. The van der Waals surface area contributed by atoms with Crippen LogP contribution >= 0.6 is 0 Å². The third-order valence-corrected chi connectivity index (χ3v) is 4.75. The minimum Gasteiger partial charge on any atom is -0.461 e. The number of furan rings is 1. The lowest BCUT2D eigenvalue weighted by atomic mass is 10.2. The molecular formula is C11H15NO4S. The van der Waals surface area contributed by atoms with E-state index in [0.717, 1.165) is 0 Å². The molecular weight excluding hydrogens is 242 g/mol. The van der Waals surface area contributed by atoms with Crippen LogP contribution in [-0.4, -0.2) is 49.7 Å². The van der Waals surface area contributed by atoms with Crippen LogP contribution in [0, 0.1) is 0 Å². The summed E-state index contributed by atoms with van der Waals surface area (Å²) >= 11 is 0. The van der Waals surface area contributed by atoms with Crippen molar-refractivity contribution in [3.05, 3.63) is 24.2 Å². The minimum atomic E-state index is -2.93. The number of sulfone groups is 1. The van der Waals surface area contributed by atoms with Crippen LogP contribution in [0.1, 0.15) is 17.5 Å². The van der Waals surface area contributed by atoms with Crippen molar-refractivity contribution < 1.29 is 17.6 Å². The fraction of sp³-hybridized carbons (Fsp3) is 0.545. The lowest BCUT2D eigenvalue weighted by molar-refractivity contribution is 0.0881. The highest BCUT2D eigenvalue weighted by molar-refractivity contribution is 7.91. The maximum atomic E-state index is 11.8. The topological polar surface area (TPSA) is 67.6 Å². The van der Waals surface area contributed by atoms with Crippen molar-refractivity contribution in [3.8, 4) is 0 Å². The second kappa shape index (κ2) is 4.62. The first-order valence-electron chi connectivity index (χ1n) is 5.49. The third kappa shape index (κ3) is 2.95. The van der Waals surface area contributed by atoms with E-state index in [1.165, 1.54) is 6.26 Å². The molecule has 0 N–H and O–H groups in total. The van der Waals surface area contributed by atoms with Gasteiger partial charge in [-0.2, -0.15) is 0 Å². The van der Waals surface area contributed by atoms with E-state index in [9.17, 15) is 13.2 Å². The summed E-state index contributed by atoms with van der Waals surface area (Å²) < 4.78 is 27.8.